The molecule has 1 aliphatic rings. The number of rotatable bonds is 7. The van der Waals surface area contributed by atoms with Crippen molar-refractivity contribution in [3.63, 3.8) is 0 Å². The molecule has 1 atom stereocenters. The Hall–Kier alpha value is -1.60. The summed E-state index contributed by atoms with van der Waals surface area (Å²) in [4.78, 5) is 11.7. The van der Waals surface area contributed by atoms with Crippen molar-refractivity contribution in [3.8, 4) is 5.75 Å². The van der Waals surface area contributed by atoms with Gasteiger partial charge in [0.05, 0.1) is 24.9 Å². The van der Waals surface area contributed by atoms with Crippen molar-refractivity contribution < 1.29 is 22.7 Å². The lowest BCUT2D eigenvalue weighted by molar-refractivity contribution is -0.119. The highest BCUT2D eigenvalue weighted by Gasteiger charge is 2.23. The summed E-state index contributed by atoms with van der Waals surface area (Å²) in [5, 5.41) is 0. The molecule has 1 fully saturated rings. The van der Waals surface area contributed by atoms with Crippen molar-refractivity contribution in [2.75, 3.05) is 19.0 Å². The molecule has 1 saturated heterocycles. The summed E-state index contributed by atoms with van der Waals surface area (Å²) in [5.74, 6) is -0.0767. The van der Waals surface area contributed by atoms with Gasteiger partial charge in [0.25, 0.3) is 0 Å². The first-order valence-electron chi connectivity index (χ1n) is 7.79. The fourth-order valence-corrected chi connectivity index (χ4v) is 3.63. The molecule has 23 heavy (non-hydrogen) atoms. The molecule has 2 rings (SSSR count). The van der Waals surface area contributed by atoms with E-state index in [-0.39, 0.29) is 24.9 Å². The highest BCUT2D eigenvalue weighted by molar-refractivity contribution is 7.90. The van der Waals surface area contributed by atoms with Crippen LogP contribution in [0, 0.1) is 6.92 Å². The summed E-state index contributed by atoms with van der Waals surface area (Å²) in [7, 11) is -3.66. The second kappa shape index (κ2) is 8.31. The van der Waals surface area contributed by atoms with Gasteiger partial charge < -0.3 is 9.47 Å². The molecule has 1 aromatic carbocycles. The Balaban J connectivity index is 1.71. The molecule has 128 valence electrons. The zero-order valence-corrected chi connectivity index (χ0v) is 14.1. The van der Waals surface area contributed by atoms with Crippen LogP contribution in [0.5, 0.6) is 5.75 Å². The molecule has 0 bridgehead atoms. The van der Waals surface area contributed by atoms with Gasteiger partial charge in [-0.25, -0.2) is 8.42 Å². The summed E-state index contributed by atoms with van der Waals surface area (Å²) in [6.07, 6.45) is 2.29. The van der Waals surface area contributed by atoms with Crippen molar-refractivity contribution >= 4 is 15.9 Å². The van der Waals surface area contributed by atoms with Gasteiger partial charge in [-0.05, 0) is 38.3 Å². The number of hydrogen-bond donors (Lipinski definition) is 1. The molecular formula is C16H23NO5S. The van der Waals surface area contributed by atoms with Crippen molar-refractivity contribution in [1.82, 2.24) is 4.72 Å². The fraction of sp³-hybridized carbons (Fsp3) is 0.562. The molecule has 1 aromatic rings. The largest absolute Gasteiger partial charge is 0.493 e. The number of amides is 1. The zero-order valence-electron chi connectivity index (χ0n) is 13.3. The Morgan fingerprint density at radius 3 is 2.70 bits per heavy atom. The van der Waals surface area contributed by atoms with E-state index in [1.807, 2.05) is 31.2 Å². The molecule has 0 radical (unpaired) electrons. The summed E-state index contributed by atoms with van der Waals surface area (Å²) in [6.45, 7) is 2.68. The van der Waals surface area contributed by atoms with Crippen LogP contribution in [-0.4, -0.2) is 39.4 Å². The number of benzene rings is 1. The summed E-state index contributed by atoms with van der Waals surface area (Å²) in [6, 6.07) is 7.43. The third-order valence-electron chi connectivity index (χ3n) is 3.57. The van der Waals surface area contributed by atoms with E-state index in [0.29, 0.717) is 18.8 Å². The Kier molecular flexibility index (Phi) is 6.41. The van der Waals surface area contributed by atoms with Crippen LogP contribution in [0.4, 0.5) is 0 Å². The van der Waals surface area contributed by atoms with Crippen LogP contribution in [-0.2, 0) is 19.6 Å². The number of aryl methyl sites for hydroxylation is 1. The molecule has 1 amide bonds. The van der Waals surface area contributed by atoms with Crippen LogP contribution in [0.1, 0.15) is 31.2 Å². The normalized spacial score (nSPS) is 18.4. The van der Waals surface area contributed by atoms with Crippen LogP contribution >= 0.6 is 0 Å². The van der Waals surface area contributed by atoms with Crippen LogP contribution in [0.25, 0.3) is 0 Å². The lowest BCUT2D eigenvalue weighted by Crippen LogP contribution is -2.38. The lowest BCUT2D eigenvalue weighted by Gasteiger charge is -2.22. The summed E-state index contributed by atoms with van der Waals surface area (Å²) < 4.78 is 36.7. The molecule has 1 aliphatic heterocycles. The number of hydrogen-bond acceptors (Lipinski definition) is 5. The Morgan fingerprint density at radius 2 is 2.04 bits per heavy atom. The van der Waals surface area contributed by atoms with E-state index in [9.17, 15) is 13.2 Å². The molecule has 0 saturated carbocycles. The third kappa shape index (κ3) is 6.58. The number of sulfonamides is 1. The second-order valence-electron chi connectivity index (χ2n) is 5.71. The minimum absolute atomic E-state index is 0.0152. The van der Waals surface area contributed by atoms with Crippen LogP contribution in [0.3, 0.4) is 0 Å². The quantitative estimate of drug-likeness (QED) is 0.817. The Labute approximate surface area is 137 Å². The predicted molar refractivity (Wildman–Crippen MR) is 86.8 cm³/mol. The van der Waals surface area contributed by atoms with Gasteiger partial charge in [-0.1, -0.05) is 17.7 Å². The van der Waals surface area contributed by atoms with Gasteiger partial charge in [-0.2, -0.15) is 0 Å². The zero-order chi connectivity index (χ0) is 16.7. The lowest BCUT2D eigenvalue weighted by atomic mass is 10.1. The monoisotopic (exact) mass is 341 g/mol. The number of nitrogens with one attached hydrogen (secondary N) is 1. The predicted octanol–water partition coefficient (Wildman–Crippen LogP) is 1.78. The number of ether oxygens (including phenoxy) is 2. The standard InChI is InChI=1S/C16H23NO5S/c1-13-5-7-14(8-6-13)22-11-9-16(18)17-23(19,20)12-15-4-2-3-10-21-15/h5-8,15H,2-4,9-12H2,1H3,(H,17,18)/t15-/m1/s1. The second-order valence-corrected chi connectivity index (χ2v) is 7.47. The van der Waals surface area contributed by atoms with Gasteiger partial charge >= 0.3 is 0 Å². The third-order valence-corrected chi connectivity index (χ3v) is 4.92. The molecule has 0 unspecified atom stereocenters. The van der Waals surface area contributed by atoms with Gasteiger partial charge in [0.15, 0.2) is 0 Å². The highest BCUT2D eigenvalue weighted by Crippen LogP contribution is 2.14. The Morgan fingerprint density at radius 1 is 1.30 bits per heavy atom. The van der Waals surface area contributed by atoms with E-state index >= 15 is 0 Å². The van der Waals surface area contributed by atoms with E-state index in [1.54, 1.807) is 0 Å². The van der Waals surface area contributed by atoms with Gasteiger partial charge in [0.1, 0.15) is 5.75 Å². The maximum atomic E-state index is 11.9. The maximum absolute atomic E-state index is 11.9. The van der Waals surface area contributed by atoms with Crippen LogP contribution < -0.4 is 9.46 Å². The average Bonchev–Trinajstić information content (AvgIpc) is 2.49. The van der Waals surface area contributed by atoms with Crippen LogP contribution in [0.15, 0.2) is 24.3 Å². The Bertz CT molecular complexity index is 606. The SMILES string of the molecule is Cc1ccc(OCCC(=O)NS(=O)(=O)C[C@H]2CCCCO2)cc1. The molecule has 0 aromatic heterocycles. The van der Waals surface area contributed by atoms with Gasteiger partial charge in [-0.3, -0.25) is 9.52 Å². The topological polar surface area (TPSA) is 81.7 Å². The van der Waals surface area contributed by atoms with E-state index in [0.717, 1.165) is 18.4 Å². The summed E-state index contributed by atoms with van der Waals surface area (Å²) >= 11 is 0. The maximum Gasteiger partial charge on any atom is 0.237 e. The van der Waals surface area contributed by atoms with Crippen molar-refractivity contribution in [2.24, 2.45) is 0 Å². The molecule has 0 spiro atoms. The van der Waals surface area contributed by atoms with Crippen molar-refractivity contribution in [2.45, 2.75) is 38.7 Å². The molecule has 0 aliphatic carbocycles. The van der Waals surface area contributed by atoms with Gasteiger partial charge in [-0.15, -0.1) is 0 Å². The highest BCUT2D eigenvalue weighted by atomic mass is 32.2. The first-order valence-corrected chi connectivity index (χ1v) is 9.44. The van der Waals surface area contributed by atoms with E-state index in [2.05, 4.69) is 4.72 Å². The average molecular weight is 341 g/mol. The molecular weight excluding hydrogens is 318 g/mol. The van der Waals surface area contributed by atoms with Crippen molar-refractivity contribution in [3.05, 3.63) is 29.8 Å². The number of carbonyl (C=O) groups is 1. The molecule has 1 heterocycles. The van der Waals surface area contributed by atoms with Crippen LogP contribution in [0.2, 0.25) is 0 Å². The molecule has 6 nitrogen and oxygen atoms in total. The van der Waals surface area contributed by atoms with Gasteiger partial charge in [0, 0.05) is 6.61 Å². The van der Waals surface area contributed by atoms with Crippen molar-refractivity contribution in [1.29, 1.82) is 0 Å². The minimum atomic E-state index is -3.66. The van der Waals surface area contributed by atoms with E-state index in [4.69, 9.17) is 9.47 Å². The van der Waals surface area contributed by atoms with E-state index < -0.39 is 15.9 Å². The molecule has 7 heteroatoms. The molecule has 1 N–H and O–H groups in total. The fourth-order valence-electron chi connectivity index (χ4n) is 2.35. The smallest absolute Gasteiger partial charge is 0.237 e. The first kappa shape index (κ1) is 17.7. The summed E-state index contributed by atoms with van der Waals surface area (Å²) in [5.41, 5.74) is 1.12. The minimum Gasteiger partial charge on any atom is -0.493 e. The first-order chi connectivity index (χ1) is 10.9. The van der Waals surface area contributed by atoms with Gasteiger partial charge in [0.2, 0.25) is 15.9 Å². The van der Waals surface area contributed by atoms with E-state index in [1.165, 1.54) is 0 Å². The number of carbonyl (C=O) groups excluding carboxylic acids is 1.